The minimum Gasteiger partial charge on any atom is -0.480 e. The first-order chi connectivity index (χ1) is 9.97. The van der Waals surface area contributed by atoms with Crippen LogP contribution in [0.25, 0.3) is 0 Å². The maximum atomic E-state index is 12.2. The van der Waals surface area contributed by atoms with E-state index in [4.69, 9.17) is 0 Å². The number of Topliss-reactive ketones (excluding diaryl/α,β-unsaturated/α-hetero) is 1. The van der Waals surface area contributed by atoms with E-state index in [0.29, 0.717) is 24.8 Å². The van der Waals surface area contributed by atoms with Crippen LogP contribution < -0.4 is 5.32 Å². The van der Waals surface area contributed by atoms with Crippen LogP contribution in [-0.2, 0) is 9.59 Å². The third kappa shape index (κ3) is 4.14. The highest BCUT2D eigenvalue weighted by Gasteiger charge is 2.33. The molecule has 1 aromatic rings. The second kappa shape index (κ2) is 6.85. The van der Waals surface area contributed by atoms with Gasteiger partial charge in [-0.3, -0.25) is 9.59 Å². The van der Waals surface area contributed by atoms with Gasteiger partial charge < -0.3 is 10.4 Å². The Kier molecular flexibility index (Phi) is 5.12. The van der Waals surface area contributed by atoms with E-state index in [9.17, 15) is 19.5 Å². The number of nitrogens with one attached hydrogen (secondary N) is 1. The lowest BCUT2D eigenvalue weighted by atomic mass is 9.83. The summed E-state index contributed by atoms with van der Waals surface area (Å²) in [7, 11) is 0. The van der Waals surface area contributed by atoms with Gasteiger partial charge in [-0.2, -0.15) is 0 Å². The number of benzene rings is 1. The van der Waals surface area contributed by atoms with Gasteiger partial charge in [-0.25, -0.2) is 4.79 Å². The highest BCUT2D eigenvalue weighted by atomic mass is 79.9. The number of rotatable bonds is 4. The van der Waals surface area contributed by atoms with Gasteiger partial charge in [-0.05, 0) is 37.0 Å². The molecule has 0 radical (unpaired) electrons. The molecule has 112 valence electrons. The Morgan fingerprint density at radius 2 is 2.14 bits per heavy atom. The summed E-state index contributed by atoms with van der Waals surface area (Å²) in [5, 5.41) is 11.9. The molecule has 1 aliphatic carbocycles. The maximum absolute atomic E-state index is 12.2. The number of carbonyl (C=O) groups excluding carboxylic acids is 2. The first kappa shape index (κ1) is 15.7. The molecule has 0 spiro atoms. The summed E-state index contributed by atoms with van der Waals surface area (Å²) >= 11 is 3.27. The lowest BCUT2D eigenvalue weighted by molar-refractivity contribution is -0.141. The van der Waals surface area contributed by atoms with Crippen LogP contribution in [0.5, 0.6) is 0 Å². The lowest BCUT2D eigenvalue weighted by Gasteiger charge is -2.27. The standard InChI is InChI=1S/C15H16BrNO4/c16-11-5-1-4-10(7-11)14(19)17-13(15(20)21)9-3-2-6-12(18)8-9/h1,4-5,7,9,13H,2-3,6,8H2,(H,17,19)(H,20,21)/t9-,13-/m1/s1. The molecule has 0 heterocycles. The van der Waals surface area contributed by atoms with Crippen LogP contribution in [0.3, 0.4) is 0 Å². The highest BCUT2D eigenvalue weighted by Crippen LogP contribution is 2.25. The molecule has 0 aliphatic heterocycles. The average molecular weight is 354 g/mol. The summed E-state index contributed by atoms with van der Waals surface area (Å²) in [6, 6.07) is 5.70. The normalized spacial score (nSPS) is 19.9. The van der Waals surface area contributed by atoms with E-state index in [0.717, 1.165) is 4.47 Å². The summed E-state index contributed by atoms with van der Waals surface area (Å²) < 4.78 is 0.745. The first-order valence-corrected chi connectivity index (χ1v) is 7.57. The molecule has 1 saturated carbocycles. The Morgan fingerprint density at radius 3 is 2.76 bits per heavy atom. The molecular formula is C15H16BrNO4. The van der Waals surface area contributed by atoms with Gasteiger partial charge in [0.15, 0.2) is 0 Å². The number of hydrogen-bond acceptors (Lipinski definition) is 3. The molecule has 6 heteroatoms. The zero-order chi connectivity index (χ0) is 15.4. The summed E-state index contributed by atoms with van der Waals surface area (Å²) in [6.45, 7) is 0. The minimum absolute atomic E-state index is 0.0641. The Bertz CT molecular complexity index is 573. The number of aliphatic carboxylic acids is 1. The summed E-state index contributed by atoms with van der Waals surface area (Å²) in [5.41, 5.74) is 0.387. The van der Waals surface area contributed by atoms with Gasteiger partial charge in [0.2, 0.25) is 0 Å². The van der Waals surface area contributed by atoms with Gasteiger partial charge in [0.05, 0.1) is 0 Å². The second-order valence-corrected chi connectivity index (χ2v) is 6.11. The molecule has 0 bridgehead atoms. The molecule has 0 saturated heterocycles. The lowest BCUT2D eigenvalue weighted by Crippen LogP contribution is -2.47. The maximum Gasteiger partial charge on any atom is 0.326 e. The predicted molar refractivity (Wildman–Crippen MR) is 80.0 cm³/mol. The van der Waals surface area contributed by atoms with Gasteiger partial charge >= 0.3 is 5.97 Å². The predicted octanol–water partition coefficient (Wildman–Crippen LogP) is 2.39. The van der Waals surface area contributed by atoms with Crippen molar-refractivity contribution in [1.82, 2.24) is 5.32 Å². The number of carbonyl (C=O) groups is 3. The Morgan fingerprint density at radius 1 is 1.38 bits per heavy atom. The van der Waals surface area contributed by atoms with Gasteiger partial charge in [0.1, 0.15) is 11.8 Å². The van der Waals surface area contributed by atoms with Crippen LogP contribution in [-0.4, -0.2) is 28.8 Å². The van der Waals surface area contributed by atoms with Crippen LogP contribution in [0.4, 0.5) is 0 Å². The topological polar surface area (TPSA) is 83.5 Å². The Balaban J connectivity index is 2.11. The van der Waals surface area contributed by atoms with Gasteiger partial charge in [-0.15, -0.1) is 0 Å². The average Bonchev–Trinajstić information content (AvgIpc) is 2.44. The van der Waals surface area contributed by atoms with E-state index in [1.54, 1.807) is 24.3 Å². The van der Waals surface area contributed by atoms with E-state index >= 15 is 0 Å². The van der Waals surface area contributed by atoms with Gasteiger partial charge in [0.25, 0.3) is 5.91 Å². The fraction of sp³-hybridized carbons (Fsp3) is 0.400. The molecule has 5 nitrogen and oxygen atoms in total. The van der Waals surface area contributed by atoms with Crippen molar-refractivity contribution in [3.05, 3.63) is 34.3 Å². The van der Waals surface area contributed by atoms with Gasteiger partial charge in [-0.1, -0.05) is 22.0 Å². The van der Waals surface area contributed by atoms with Crippen molar-refractivity contribution in [3.63, 3.8) is 0 Å². The molecule has 0 aromatic heterocycles. The van der Waals surface area contributed by atoms with E-state index < -0.39 is 17.9 Å². The van der Waals surface area contributed by atoms with Crippen LogP contribution in [0, 0.1) is 5.92 Å². The quantitative estimate of drug-likeness (QED) is 0.870. The summed E-state index contributed by atoms with van der Waals surface area (Å²) in [6.07, 6.45) is 2.04. The SMILES string of the molecule is O=C1CCC[C@@H]([C@@H](NC(=O)c2cccc(Br)c2)C(=O)O)C1. The zero-order valence-electron chi connectivity index (χ0n) is 11.3. The molecule has 2 N–H and O–H groups in total. The smallest absolute Gasteiger partial charge is 0.326 e. The number of halogens is 1. The van der Waals surface area contributed by atoms with Crippen molar-refractivity contribution in [3.8, 4) is 0 Å². The van der Waals surface area contributed by atoms with Crippen molar-refractivity contribution in [1.29, 1.82) is 0 Å². The number of carboxylic acid groups (broad SMARTS) is 1. The van der Waals surface area contributed by atoms with Crippen molar-refractivity contribution < 1.29 is 19.5 Å². The number of carboxylic acids is 1. The molecule has 1 aliphatic rings. The first-order valence-electron chi connectivity index (χ1n) is 6.78. The number of amides is 1. The second-order valence-electron chi connectivity index (χ2n) is 5.19. The monoisotopic (exact) mass is 353 g/mol. The van der Waals surface area contributed by atoms with Gasteiger partial charge in [0, 0.05) is 22.9 Å². The van der Waals surface area contributed by atoms with E-state index in [1.807, 2.05) is 0 Å². The van der Waals surface area contributed by atoms with Crippen molar-refractivity contribution >= 4 is 33.6 Å². The largest absolute Gasteiger partial charge is 0.480 e. The fourth-order valence-electron chi connectivity index (χ4n) is 2.58. The molecule has 2 atom stereocenters. The number of hydrogen-bond donors (Lipinski definition) is 2. The third-order valence-corrected chi connectivity index (χ3v) is 4.12. The van der Waals surface area contributed by atoms with Crippen molar-refractivity contribution in [2.45, 2.75) is 31.7 Å². The molecule has 1 fully saturated rings. The molecule has 1 amide bonds. The minimum atomic E-state index is -1.10. The number of ketones is 1. The Hall–Kier alpha value is -1.69. The summed E-state index contributed by atoms with van der Waals surface area (Å²) in [5.74, 6) is -1.81. The van der Waals surface area contributed by atoms with Crippen LogP contribution >= 0.6 is 15.9 Å². The molecule has 0 unspecified atom stereocenters. The molecule has 21 heavy (non-hydrogen) atoms. The van der Waals surface area contributed by atoms with E-state index in [1.165, 1.54) is 0 Å². The zero-order valence-corrected chi connectivity index (χ0v) is 12.9. The fourth-order valence-corrected chi connectivity index (χ4v) is 2.98. The van der Waals surface area contributed by atoms with Crippen LogP contribution in [0.15, 0.2) is 28.7 Å². The van der Waals surface area contributed by atoms with E-state index in [-0.39, 0.29) is 18.1 Å². The summed E-state index contributed by atoms with van der Waals surface area (Å²) in [4.78, 5) is 35.0. The molecule has 1 aromatic carbocycles. The van der Waals surface area contributed by atoms with Crippen LogP contribution in [0.1, 0.15) is 36.0 Å². The molecule has 2 rings (SSSR count). The molecular weight excluding hydrogens is 338 g/mol. The Labute approximate surface area is 130 Å². The highest BCUT2D eigenvalue weighted by molar-refractivity contribution is 9.10. The van der Waals surface area contributed by atoms with Crippen molar-refractivity contribution in [2.75, 3.05) is 0 Å². The van der Waals surface area contributed by atoms with Crippen molar-refractivity contribution in [2.24, 2.45) is 5.92 Å². The third-order valence-electron chi connectivity index (χ3n) is 3.63. The van der Waals surface area contributed by atoms with E-state index in [2.05, 4.69) is 21.2 Å². The van der Waals surface area contributed by atoms with Crippen LogP contribution in [0.2, 0.25) is 0 Å².